The molecule has 3 rings (SSSR count). The first-order chi connectivity index (χ1) is 12.5. The number of rotatable bonds is 5. The second kappa shape index (κ2) is 8.05. The average molecular weight is 359 g/mol. The summed E-state index contributed by atoms with van der Waals surface area (Å²) >= 11 is 0. The first-order valence-electron chi connectivity index (χ1n) is 9.42. The molecule has 2 heterocycles. The van der Waals surface area contributed by atoms with Crippen LogP contribution in [0.1, 0.15) is 56.7 Å². The molecule has 142 valence electrons. The molecule has 1 aromatic carbocycles. The third-order valence-corrected chi connectivity index (χ3v) is 5.13. The molecule has 0 spiro atoms. The van der Waals surface area contributed by atoms with E-state index in [4.69, 9.17) is 0 Å². The highest BCUT2D eigenvalue weighted by Crippen LogP contribution is 2.27. The average Bonchev–Trinajstić information content (AvgIpc) is 2.61. The van der Waals surface area contributed by atoms with Crippen LogP contribution in [0.25, 0.3) is 0 Å². The number of urea groups is 2. The largest absolute Gasteiger partial charge is 0.328 e. The third kappa shape index (κ3) is 4.16. The molecule has 0 unspecified atom stereocenters. The van der Waals surface area contributed by atoms with E-state index in [2.05, 4.69) is 45.5 Å². The van der Waals surface area contributed by atoms with Crippen LogP contribution in [0.5, 0.6) is 0 Å². The molecular formula is C19H29N5O2. The standard InChI is InChI=1S/C19H29N5O2/c1-12(2)24-18(25)22-17(23-19(24)26)21-13(3)15-5-4-6-16(11-15)14-7-9-20-10-8-14/h4-6,11-14,17,20-21H,7-10H2,1-3H3,(H,22,25)(H,23,26)/t13-/m0/s1. The van der Waals surface area contributed by atoms with Gasteiger partial charge in [-0.3, -0.25) is 5.32 Å². The maximum atomic E-state index is 12.1. The molecule has 0 bridgehead atoms. The number of nitrogens with one attached hydrogen (secondary N) is 4. The normalized spacial score (nSPS) is 20.8. The van der Waals surface area contributed by atoms with Crippen LogP contribution in [-0.2, 0) is 0 Å². The van der Waals surface area contributed by atoms with E-state index in [1.54, 1.807) is 0 Å². The summed E-state index contributed by atoms with van der Waals surface area (Å²) in [4.78, 5) is 25.5. The van der Waals surface area contributed by atoms with Crippen molar-refractivity contribution in [3.8, 4) is 0 Å². The fourth-order valence-corrected chi connectivity index (χ4v) is 3.65. The number of hydrogen-bond acceptors (Lipinski definition) is 4. The van der Waals surface area contributed by atoms with Gasteiger partial charge in [0.2, 0.25) is 0 Å². The lowest BCUT2D eigenvalue weighted by atomic mass is 9.88. The summed E-state index contributed by atoms with van der Waals surface area (Å²) in [5.41, 5.74) is 2.51. The van der Waals surface area contributed by atoms with E-state index in [-0.39, 0.29) is 24.1 Å². The van der Waals surface area contributed by atoms with E-state index in [1.807, 2.05) is 20.8 Å². The Bertz CT molecular complexity index is 639. The van der Waals surface area contributed by atoms with Gasteiger partial charge in [0.05, 0.1) is 0 Å². The number of benzene rings is 1. The summed E-state index contributed by atoms with van der Waals surface area (Å²) < 4.78 is 0. The van der Waals surface area contributed by atoms with Gasteiger partial charge < -0.3 is 16.0 Å². The number of carbonyl (C=O) groups excluding carboxylic acids is 2. The fourth-order valence-electron chi connectivity index (χ4n) is 3.65. The van der Waals surface area contributed by atoms with Crippen LogP contribution in [0.2, 0.25) is 0 Å². The van der Waals surface area contributed by atoms with E-state index in [0.717, 1.165) is 31.5 Å². The minimum absolute atomic E-state index is 0.00661. The van der Waals surface area contributed by atoms with Crippen LogP contribution in [0.15, 0.2) is 24.3 Å². The van der Waals surface area contributed by atoms with Gasteiger partial charge in [0.15, 0.2) is 6.29 Å². The van der Waals surface area contributed by atoms with Gasteiger partial charge in [0.25, 0.3) is 0 Å². The van der Waals surface area contributed by atoms with E-state index in [9.17, 15) is 9.59 Å². The number of hydrogen-bond donors (Lipinski definition) is 4. The smallest absolute Gasteiger partial charge is 0.317 e. The minimum atomic E-state index is -0.581. The molecule has 26 heavy (non-hydrogen) atoms. The van der Waals surface area contributed by atoms with Crippen molar-refractivity contribution in [1.29, 1.82) is 0 Å². The predicted molar refractivity (Wildman–Crippen MR) is 101 cm³/mol. The second-order valence-electron chi connectivity index (χ2n) is 7.38. The van der Waals surface area contributed by atoms with Crippen LogP contribution in [0.4, 0.5) is 9.59 Å². The molecule has 7 nitrogen and oxygen atoms in total. The van der Waals surface area contributed by atoms with Gasteiger partial charge in [-0.15, -0.1) is 0 Å². The van der Waals surface area contributed by atoms with Gasteiger partial charge in [-0.25, -0.2) is 14.5 Å². The number of amides is 4. The molecule has 0 aliphatic carbocycles. The summed E-state index contributed by atoms with van der Waals surface area (Å²) in [6, 6.07) is 7.65. The Morgan fingerprint density at radius 1 is 1.08 bits per heavy atom. The van der Waals surface area contributed by atoms with E-state index in [0.29, 0.717) is 5.92 Å². The Hall–Kier alpha value is -2.12. The molecule has 0 radical (unpaired) electrons. The molecule has 1 atom stereocenters. The second-order valence-corrected chi connectivity index (χ2v) is 7.38. The van der Waals surface area contributed by atoms with Crippen LogP contribution >= 0.6 is 0 Å². The van der Waals surface area contributed by atoms with Crippen LogP contribution in [0.3, 0.4) is 0 Å². The summed E-state index contributed by atoms with van der Waals surface area (Å²) in [5.74, 6) is 0.595. The van der Waals surface area contributed by atoms with Gasteiger partial charge in [-0.1, -0.05) is 24.3 Å². The topological polar surface area (TPSA) is 85.5 Å². The molecular weight excluding hydrogens is 330 g/mol. The van der Waals surface area contributed by atoms with Gasteiger partial charge in [-0.2, -0.15) is 0 Å². The Balaban J connectivity index is 1.64. The lowest BCUT2D eigenvalue weighted by Gasteiger charge is -2.36. The zero-order valence-corrected chi connectivity index (χ0v) is 15.7. The molecule has 2 fully saturated rings. The van der Waals surface area contributed by atoms with Crippen molar-refractivity contribution in [1.82, 2.24) is 26.2 Å². The van der Waals surface area contributed by atoms with Crippen LogP contribution in [-0.4, -0.2) is 42.4 Å². The quantitative estimate of drug-likeness (QED) is 0.649. The summed E-state index contributed by atoms with van der Waals surface area (Å²) in [6.07, 6.45) is 1.73. The molecule has 2 aliphatic heterocycles. The molecule has 2 saturated heterocycles. The highest BCUT2D eigenvalue weighted by Gasteiger charge is 2.33. The van der Waals surface area contributed by atoms with Crippen LogP contribution < -0.4 is 21.3 Å². The zero-order chi connectivity index (χ0) is 18.7. The van der Waals surface area contributed by atoms with Crippen molar-refractivity contribution in [3.63, 3.8) is 0 Å². The number of imide groups is 1. The first kappa shape index (κ1) is 18.7. The Labute approximate surface area is 154 Å². The summed E-state index contributed by atoms with van der Waals surface area (Å²) in [5, 5.41) is 12.3. The number of carbonyl (C=O) groups is 2. The highest BCUT2D eigenvalue weighted by atomic mass is 16.2. The Kier molecular flexibility index (Phi) is 5.78. The summed E-state index contributed by atoms with van der Waals surface area (Å²) in [7, 11) is 0. The molecule has 7 heteroatoms. The highest BCUT2D eigenvalue weighted by molar-refractivity contribution is 5.96. The molecule has 0 saturated carbocycles. The summed E-state index contributed by atoms with van der Waals surface area (Å²) in [6.45, 7) is 7.78. The van der Waals surface area contributed by atoms with Crippen molar-refractivity contribution in [2.45, 2.75) is 57.9 Å². The van der Waals surface area contributed by atoms with Crippen molar-refractivity contribution in [3.05, 3.63) is 35.4 Å². The van der Waals surface area contributed by atoms with E-state index < -0.39 is 6.29 Å². The number of piperidine rings is 1. The molecule has 0 aromatic heterocycles. The molecule has 1 aromatic rings. The van der Waals surface area contributed by atoms with Crippen molar-refractivity contribution < 1.29 is 9.59 Å². The molecule has 4 amide bonds. The Morgan fingerprint density at radius 2 is 1.73 bits per heavy atom. The fraction of sp³-hybridized carbons (Fsp3) is 0.579. The number of nitrogens with zero attached hydrogens (tertiary/aromatic N) is 1. The molecule has 4 N–H and O–H groups in total. The molecule has 2 aliphatic rings. The third-order valence-electron chi connectivity index (χ3n) is 5.13. The van der Waals surface area contributed by atoms with Crippen LogP contribution in [0, 0.1) is 0 Å². The SMILES string of the molecule is CC(C)N1C(=O)NC(N[C@@H](C)c2cccc(C3CCNCC3)c2)NC1=O. The predicted octanol–water partition coefficient (Wildman–Crippen LogP) is 2.23. The van der Waals surface area contributed by atoms with Crippen molar-refractivity contribution in [2.24, 2.45) is 0 Å². The Morgan fingerprint density at radius 3 is 2.35 bits per heavy atom. The lowest BCUT2D eigenvalue weighted by molar-refractivity contribution is 0.146. The maximum absolute atomic E-state index is 12.1. The van der Waals surface area contributed by atoms with Crippen molar-refractivity contribution >= 4 is 12.1 Å². The van der Waals surface area contributed by atoms with E-state index >= 15 is 0 Å². The monoisotopic (exact) mass is 359 g/mol. The van der Waals surface area contributed by atoms with Gasteiger partial charge in [0, 0.05) is 12.1 Å². The lowest BCUT2D eigenvalue weighted by Crippen LogP contribution is -2.69. The minimum Gasteiger partial charge on any atom is -0.317 e. The first-order valence-corrected chi connectivity index (χ1v) is 9.42. The van der Waals surface area contributed by atoms with Gasteiger partial charge in [-0.05, 0) is 63.7 Å². The van der Waals surface area contributed by atoms with Gasteiger partial charge >= 0.3 is 12.1 Å². The van der Waals surface area contributed by atoms with Crippen molar-refractivity contribution in [2.75, 3.05) is 13.1 Å². The zero-order valence-electron chi connectivity index (χ0n) is 15.7. The van der Waals surface area contributed by atoms with Gasteiger partial charge in [0.1, 0.15) is 0 Å². The van der Waals surface area contributed by atoms with E-state index in [1.165, 1.54) is 10.5 Å². The maximum Gasteiger partial charge on any atom is 0.328 e.